The Kier molecular flexibility index (Phi) is 7.93. The number of para-hydroxylation sites is 3. The third kappa shape index (κ3) is 5.46. The lowest BCUT2D eigenvalue weighted by Gasteiger charge is -2.25. The van der Waals surface area contributed by atoms with Crippen LogP contribution in [0.3, 0.4) is 0 Å². The van der Waals surface area contributed by atoms with Crippen LogP contribution in [-0.4, -0.2) is 42.4 Å². The summed E-state index contributed by atoms with van der Waals surface area (Å²) in [6.07, 6.45) is 1.33. The normalized spacial score (nSPS) is 16.1. The summed E-state index contributed by atoms with van der Waals surface area (Å²) >= 11 is 0. The molecule has 40 heavy (non-hydrogen) atoms. The van der Waals surface area contributed by atoms with Gasteiger partial charge in [-0.05, 0) is 75.3 Å². The molecular formula is C31H33N5O4. The van der Waals surface area contributed by atoms with Gasteiger partial charge < -0.3 is 25.4 Å². The molecule has 0 radical (unpaired) electrons. The molecule has 206 valence electrons. The summed E-state index contributed by atoms with van der Waals surface area (Å²) in [5, 5.41) is 8.06. The summed E-state index contributed by atoms with van der Waals surface area (Å²) in [6, 6.07) is 21.4. The fraction of sp³-hybridized carbons (Fsp3) is 0.290. The average molecular weight is 540 g/mol. The van der Waals surface area contributed by atoms with Crippen LogP contribution in [-0.2, 0) is 16.1 Å². The molecule has 0 bridgehead atoms. The molecule has 1 aromatic heterocycles. The first-order valence-electron chi connectivity index (χ1n) is 13.5. The van der Waals surface area contributed by atoms with E-state index in [1.807, 2.05) is 55.5 Å². The number of amides is 2. The first kappa shape index (κ1) is 27.1. The van der Waals surface area contributed by atoms with E-state index in [1.165, 1.54) is 0 Å². The number of fused-ring (bicyclic) bond motifs is 2. The van der Waals surface area contributed by atoms with Crippen molar-refractivity contribution in [3.8, 4) is 0 Å². The smallest absolute Gasteiger partial charge is 0.258 e. The lowest BCUT2D eigenvalue weighted by atomic mass is 9.97. The molecule has 1 aliphatic rings. The van der Waals surface area contributed by atoms with Gasteiger partial charge in [-0.3, -0.25) is 14.4 Å². The van der Waals surface area contributed by atoms with Gasteiger partial charge in [0, 0.05) is 29.6 Å². The number of nitrogens with one attached hydrogen (secondary N) is 1. The van der Waals surface area contributed by atoms with Crippen molar-refractivity contribution >= 4 is 45.6 Å². The Hall–Kier alpha value is -4.50. The van der Waals surface area contributed by atoms with Crippen LogP contribution in [0.25, 0.3) is 11.0 Å². The molecule has 5 rings (SSSR count). The third-order valence-corrected chi connectivity index (χ3v) is 7.54. The zero-order valence-corrected chi connectivity index (χ0v) is 22.7. The summed E-state index contributed by atoms with van der Waals surface area (Å²) < 4.78 is 5.52. The Morgan fingerprint density at radius 2 is 1.75 bits per heavy atom. The minimum absolute atomic E-state index is 0.0904. The predicted molar refractivity (Wildman–Crippen MR) is 155 cm³/mol. The van der Waals surface area contributed by atoms with E-state index in [1.54, 1.807) is 41.1 Å². The van der Waals surface area contributed by atoms with Gasteiger partial charge in [0.15, 0.2) is 5.58 Å². The molecule has 9 heteroatoms. The quantitative estimate of drug-likeness (QED) is 0.299. The van der Waals surface area contributed by atoms with Gasteiger partial charge in [0.2, 0.25) is 5.91 Å². The Balaban J connectivity index is 1.52. The van der Waals surface area contributed by atoms with E-state index in [9.17, 15) is 14.4 Å². The Labute approximate surface area is 232 Å². The lowest BCUT2D eigenvalue weighted by Crippen LogP contribution is -2.40. The van der Waals surface area contributed by atoms with Crippen molar-refractivity contribution in [2.24, 2.45) is 5.92 Å². The maximum absolute atomic E-state index is 14.2. The zero-order valence-electron chi connectivity index (χ0n) is 22.7. The standard InChI is InChI=1S/C31H33N5O4/c1-20(33-2)28(37)12-7-8-22-18-35(30(38)21-14-16-23(32)17-15-21)26-10-4-5-11-27(26)36(31(22)39)19-25-24-9-3-6-13-29(24)40-34-25/h3-6,9-11,13-17,20,22,33H,7-8,12,18-19,32H2,1-2H3. The van der Waals surface area contributed by atoms with Gasteiger partial charge in [0.05, 0.1) is 29.9 Å². The van der Waals surface area contributed by atoms with Gasteiger partial charge in [-0.2, -0.15) is 0 Å². The summed E-state index contributed by atoms with van der Waals surface area (Å²) in [6.45, 7) is 2.20. The highest BCUT2D eigenvalue weighted by molar-refractivity contribution is 6.11. The number of nitrogen functional groups attached to an aromatic ring is 1. The van der Waals surface area contributed by atoms with Crippen molar-refractivity contribution in [3.63, 3.8) is 0 Å². The Bertz CT molecular complexity index is 1530. The molecule has 9 nitrogen and oxygen atoms in total. The second kappa shape index (κ2) is 11.7. The molecule has 2 atom stereocenters. The van der Waals surface area contributed by atoms with Gasteiger partial charge in [0.1, 0.15) is 11.5 Å². The first-order valence-corrected chi connectivity index (χ1v) is 13.5. The average Bonchev–Trinajstić information content (AvgIpc) is 3.35. The number of anilines is 3. The number of rotatable bonds is 9. The number of aromatic nitrogens is 1. The highest BCUT2D eigenvalue weighted by Crippen LogP contribution is 2.37. The van der Waals surface area contributed by atoms with Crippen LogP contribution >= 0.6 is 0 Å². The largest absolute Gasteiger partial charge is 0.399 e. The molecule has 3 N–H and O–H groups in total. The van der Waals surface area contributed by atoms with E-state index in [4.69, 9.17) is 10.3 Å². The van der Waals surface area contributed by atoms with Crippen molar-refractivity contribution in [2.45, 2.75) is 38.8 Å². The number of hydrogen-bond donors (Lipinski definition) is 2. The second-order valence-electron chi connectivity index (χ2n) is 10.1. The first-order chi connectivity index (χ1) is 19.4. The van der Waals surface area contributed by atoms with Crippen molar-refractivity contribution < 1.29 is 18.9 Å². The monoisotopic (exact) mass is 539 g/mol. The van der Waals surface area contributed by atoms with Crippen LogP contribution in [0.2, 0.25) is 0 Å². The van der Waals surface area contributed by atoms with Crippen LogP contribution in [0, 0.1) is 5.92 Å². The number of benzene rings is 3. The summed E-state index contributed by atoms with van der Waals surface area (Å²) in [7, 11) is 1.75. The molecule has 2 unspecified atom stereocenters. The van der Waals surface area contributed by atoms with Gasteiger partial charge in [-0.15, -0.1) is 0 Å². The van der Waals surface area contributed by atoms with Gasteiger partial charge in [0.25, 0.3) is 5.91 Å². The van der Waals surface area contributed by atoms with E-state index in [2.05, 4.69) is 10.5 Å². The Morgan fingerprint density at radius 1 is 1.05 bits per heavy atom. The predicted octanol–water partition coefficient (Wildman–Crippen LogP) is 4.57. The van der Waals surface area contributed by atoms with Crippen LogP contribution < -0.4 is 20.9 Å². The third-order valence-electron chi connectivity index (χ3n) is 7.54. The van der Waals surface area contributed by atoms with E-state index in [0.717, 1.165) is 5.39 Å². The lowest BCUT2D eigenvalue weighted by molar-refractivity contribution is -0.123. The molecule has 1 aliphatic heterocycles. The van der Waals surface area contributed by atoms with Gasteiger partial charge in [-0.1, -0.05) is 29.4 Å². The zero-order chi connectivity index (χ0) is 28.2. The maximum Gasteiger partial charge on any atom is 0.258 e. The maximum atomic E-state index is 14.2. The number of nitrogens with two attached hydrogens (primary N) is 1. The Morgan fingerprint density at radius 3 is 2.50 bits per heavy atom. The van der Waals surface area contributed by atoms with Crippen molar-refractivity contribution in [2.75, 3.05) is 29.1 Å². The van der Waals surface area contributed by atoms with Crippen molar-refractivity contribution in [1.29, 1.82) is 0 Å². The van der Waals surface area contributed by atoms with Crippen LogP contribution in [0.4, 0.5) is 17.1 Å². The number of likely N-dealkylation sites (N-methyl/N-ethyl adjacent to an activating group) is 1. The highest BCUT2D eigenvalue weighted by Gasteiger charge is 2.36. The molecule has 2 heterocycles. The van der Waals surface area contributed by atoms with Gasteiger partial charge >= 0.3 is 0 Å². The molecule has 2 amide bonds. The van der Waals surface area contributed by atoms with Crippen LogP contribution in [0.15, 0.2) is 77.3 Å². The molecule has 0 saturated carbocycles. The van der Waals surface area contributed by atoms with E-state index in [0.29, 0.717) is 53.2 Å². The molecule has 0 fully saturated rings. The minimum atomic E-state index is -0.527. The fourth-order valence-electron chi connectivity index (χ4n) is 5.11. The van der Waals surface area contributed by atoms with E-state index >= 15 is 0 Å². The molecular weight excluding hydrogens is 506 g/mol. The number of Topliss-reactive ketones (excluding diaryl/α,β-unsaturated/α-hetero) is 1. The number of nitrogens with zero attached hydrogens (tertiary/aromatic N) is 3. The highest BCUT2D eigenvalue weighted by atomic mass is 16.5. The summed E-state index contributed by atoms with van der Waals surface area (Å²) in [5.41, 5.74) is 9.42. The fourth-order valence-corrected chi connectivity index (χ4v) is 5.11. The van der Waals surface area contributed by atoms with Crippen LogP contribution in [0.1, 0.15) is 42.2 Å². The second-order valence-corrected chi connectivity index (χ2v) is 10.1. The molecule has 0 spiro atoms. The van der Waals surface area contributed by atoms with Crippen molar-refractivity contribution in [3.05, 3.63) is 84.1 Å². The molecule has 3 aromatic carbocycles. The molecule has 4 aromatic rings. The van der Waals surface area contributed by atoms with Gasteiger partial charge in [-0.25, -0.2) is 0 Å². The molecule has 0 saturated heterocycles. The number of ketones is 1. The minimum Gasteiger partial charge on any atom is -0.399 e. The topological polar surface area (TPSA) is 122 Å². The van der Waals surface area contributed by atoms with E-state index < -0.39 is 5.92 Å². The number of hydrogen-bond acceptors (Lipinski definition) is 7. The van der Waals surface area contributed by atoms with E-state index in [-0.39, 0.29) is 36.7 Å². The summed E-state index contributed by atoms with van der Waals surface area (Å²) in [4.78, 5) is 43.9. The number of carbonyl (C=O) groups excluding carboxylic acids is 3. The van der Waals surface area contributed by atoms with Crippen LogP contribution in [0.5, 0.6) is 0 Å². The van der Waals surface area contributed by atoms with Crippen molar-refractivity contribution in [1.82, 2.24) is 10.5 Å². The number of carbonyl (C=O) groups is 3. The molecule has 0 aliphatic carbocycles. The SMILES string of the molecule is CNC(C)C(=O)CCCC1CN(C(=O)c2ccc(N)cc2)c2ccccc2N(Cc2noc3ccccc23)C1=O. The summed E-state index contributed by atoms with van der Waals surface area (Å²) in [5.74, 6) is -0.784.